The van der Waals surface area contributed by atoms with Gasteiger partial charge in [-0.05, 0) is 6.42 Å². The Balaban J connectivity index is 2.46. The summed E-state index contributed by atoms with van der Waals surface area (Å²) in [6.07, 6.45) is 2.08. The fraction of sp³-hybridized carbons (Fsp3) is 0.818. The van der Waals surface area contributed by atoms with E-state index in [0.717, 1.165) is 6.42 Å². The maximum Gasteiger partial charge on any atom is 0.237 e. The highest BCUT2D eigenvalue weighted by atomic mass is 32.2. The highest BCUT2D eigenvalue weighted by molar-refractivity contribution is 7.92. The molecule has 17 heavy (non-hydrogen) atoms. The normalized spacial score (nSPS) is 17.2. The third-order valence-corrected chi connectivity index (χ3v) is 4.42. The molecule has 1 rings (SSSR count). The third kappa shape index (κ3) is 4.85. The van der Waals surface area contributed by atoms with Crippen LogP contribution in [0.5, 0.6) is 0 Å². The zero-order valence-corrected chi connectivity index (χ0v) is 11.0. The largest absolute Gasteiger partial charge is 0.341 e. The molecule has 0 atom stereocenters. The van der Waals surface area contributed by atoms with Gasteiger partial charge >= 0.3 is 0 Å². The Morgan fingerprint density at radius 1 is 1.29 bits per heavy atom. The first kappa shape index (κ1) is 14.2. The average Bonchev–Trinajstić information content (AvgIpc) is 2.26. The van der Waals surface area contributed by atoms with E-state index in [9.17, 15) is 18.0 Å². The number of nitrogens with zero attached hydrogens (tertiary/aromatic N) is 1. The van der Waals surface area contributed by atoms with Gasteiger partial charge in [0.15, 0.2) is 9.84 Å². The van der Waals surface area contributed by atoms with E-state index in [1.165, 1.54) is 4.90 Å². The summed E-state index contributed by atoms with van der Waals surface area (Å²) < 4.78 is 23.2. The van der Waals surface area contributed by atoms with Crippen molar-refractivity contribution in [3.8, 4) is 0 Å². The summed E-state index contributed by atoms with van der Waals surface area (Å²) in [5.74, 6) is -0.570. The van der Waals surface area contributed by atoms with Gasteiger partial charge in [0, 0.05) is 25.9 Å². The lowest BCUT2D eigenvalue weighted by Gasteiger charge is -2.25. The molecule has 1 saturated heterocycles. The number of piperidine rings is 1. The molecule has 1 fully saturated rings. The second-order valence-electron chi connectivity index (χ2n) is 4.37. The Labute approximate surface area is 102 Å². The number of sulfone groups is 1. The van der Waals surface area contributed by atoms with E-state index in [1.807, 2.05) is 6.92 Å². The fourth-order valence-electron chi connectivity index (χ4n) is 1.72. The van der Waals surface area contributed by atoms with Gasteiger partial charge in [0.1, 0.15) is 11.5 Å². The molecule has 1 aliphatic heterocycles. The minimum Gasteiger partial charge on any atom is -0.341 e. The molecule has 0 N–H and O–H groups in total. The quantitative estimate of drug-likeness (QED) is 0.718. The number of amides is 1. The van der Waals surface area contributed by atoms with Crippen molar-refractivity contribution < 1.29 is 18.0 Å². The van der Waals surface area contributed by atoms with E-state index in [2.05, 4.69) is 0 Å². The van der Waals surface area contributed by atoms with Gasteiger partial charge in [-0.2, -0.15) is 0 Å². The van der Waals surface area contributed by atoms with Crippen LogP contribution in [0.15, 0.2) is 0 Å². The van der Waals surface area contributed by atoms with Crippen LogP contribution in [0.3, 0.4) is 0 Å². The lowest BCUT2D eigenvalue weighted by Crippen LogP contribution is -2.41. The summed E-state index contributed by atoms with van der Waals surface area (Å²) in [5.41, 5.74) is 0. The Morgan fingerprint density at radius 3 is 2.41 bits per heavy atom. The highest BCUT2D eigenvalue weighted by Gasteiger charge is 2.24. The number of hydrogen-bond donors (Lipinski definition) is 0. The molecule has 1 amide bonds. The van der Waals surface area contributed by atoms with Crippen LogP contribution in [0.2, 0.25) is 0 Å². The van der Waals surface area contributed by atoms with E-state index in [4.69, 9.17) is 0 Å². The van der Waals surface area contributed by atoms with Crippen molar-refractivity contribution in [2.75, 3.05) is 24.6 Å². The highest BCUT2D eigenvalue weighted by Crippen LogP contribution is 2.07. The Morgan fingerprint density at radius 2 is 1.88 bits per heavy atom. The first-order chi connectivity index (χ1) is 7.94. The molecule has 0 saturated carbocycles. The number of hydrogen-bond acceptors (Lipinski definition) is 4. The van der Waals surface area contributed by atoms with Gasteiger partial charge in [-0.25, -0.2) is 8.42 Å². The van der Waals surface area contributed by atoms with Crippen molar-refractivity contribution in [3.63, 3.8) is 0 Å². The van der Waals surface area contributed by atoms with Crippen LogP contribution in [0.25, 0.3) is 0 Å². The summed E-state index contributed by atoms with van der Waals surface area (Å²) >= 11 is 0. The maximum atomic E-state index is 11.7. The molecule has 0 bridgehead atoms. The molecule has 1 heterocycles. The first-order valence-corrected chi connectivity index (χ1v) is 7.76. The van der Waals surface area contributed by atoms with E-state index >= 15 is 0 Å². The predicted molar refractivity (Wildman–Crippen MR) is 64.4 cm³/mol. The minimum absolute atomic E-state index is 0.0714. The maximum absolute atomic E-state index is 11.7. The molecule has 0 aliphatic carbocycles. The minimum atomic E-state index is -3.28. The van der Waals surface area contributed by atoms with Crippen molar-refractivity contribution in [2.24, 2.45) is 0 Å². The SMILES string of the molecule is CCCCS(=O)(=O)CC(=O)N1CCC(=O)CC1. The van der Waals surface area contributed by atoms with Crippen LogP contribution >= 0.6 is 0 Å². The van der Waals surface area contributed by atoms with Crippen molar-refractivity contribution in [3.05, 3.63) is 0 Å². The topological polar surface area (TPSA) is 71.5 Å². The summed E-state index contributed by atoms with van der Waals surface area (Å²) in [6.45, 7) is 2.63. The summed E-state index contributed by atoms with van der Waals surface area (Å²) in [6, 6.07) is 0. The van der Waals surface area contributed by atoms with E-state index in [0.29, 0.717) is 32.4 Å². The van der Waals surface area contributed by atoms with Crippen molar-refractivity contribution in [1.29, 1.82) is 0 Å². The van der Waals surface area contributed by atoms with Crippen LogP contribution in [0.4, 0.5) is 0 Å². The number of likely N-dealkylation sites (tertiary alicyclic amines) is 1. The van der Waals surface area contributed by atoms with Gasteiger partial charge in [0.25, 0.3) is 0 Å². The van der Waals surface area contributed by atoms with Crippen molar-refractivity contribution in [1.82, 2.24) is 4.90 Å². The first-order valence-electron chi connectivity index (χ1n) is 5.94. The standard InChI is InChI=1S/C11H19NO4S/c1-2-3-8-17(15,16)9-11(14)12-6-4-10(13)5-7-12/h2-9H2,1H3. The molecule has 0 aromatic rings. The number of unbranched alkanes of at least 4 members (excludes halogenated alkanes) is 1. The van der Waals surface area contributed by atoms with Gasteiger partial charge < -0.3 is 4.90 Å². The van der Waals surface area contributed by atoms with Gasteiger partial charge in [-0.15, -0.1) is 0 Å². The molecular formula is C11H19NO4S. The molecule has 0 radical (unpaired) electrons. The van der Waals surface area contributed by atoms with E-state index in [-0.39, 0.29) is 17.4 Å². The number of Topliss-reactive ketones (excluding diaryl/α,β-unsaturated/α-hetero) is 1. The fourth-order valence-corrected chi connectivity index (χ4v) is 3.15. The molecule has 98 valence electrons. The lowest BCUT2D eigenvalue weighted by atomic mass is 10.1. The Kier molecular flexibility index (Phi) is 5.11. The molecule has 0 aromatic heterocycles. The van der Waals surface area contributed by atoms with Crippen LogP contribution in [-0.2, 0) is 19.4 Å². The Hall–Kier alpha value is -0.910. The van der Waals surface area contributed by atoms with Crippen LogP contribution in [0.1, 0.15) is 32.6 Å². The molecule has 0 spiro atoms. The van der Waals surface area contributed by atoms with E-state index in [1.54, 1.807) is 0 Å². The van der Waals surface area contributed by atoms with Crippen LogP contribution < -0.4 is 0 Å². The molecular weight excluding hydrogens is 242 g/mol. The summed E-state index contributed by atoms with van der Waals surface area (Å²) in [7, 11) is -3.28. The second-order valence-corrected chi connectivity index (χ2v) is 6.55. The summed E-state index contributed by atoms with van der Waals surface area (Å²) in [5, 5.41) is 0. The monoisotopic (exact) mass is 261 g/mol. The van der Waals surface area contributed by atoms with Gasteiger partial charge in [0.2, 0.25) is 5.91 Å². The number of rotatable bonds is 5. The zero-order valence-electron chi connectivity index (χ0n) is 10.1. The van der Waals surface area contributed by atoms with Gasteiger partial charge in [-0.3, -0.25) is 9.59 Å². The van der Waals surface area contributed by atoms with Crippen LogP contribution in [0, 0.1) is 0 Å². The molecule has 0 aromatic carbocycles. The molecule has 5 nitrogen and oxygen atoms in total. The number of ketones is 1. The smallest absolute Gasteiger partial charge is 0.237 e. The molecule has 1 aliphatic rings. The Bertz CT molecular complexity index is 378. The van der Waals surface area contributed by atoms with E-state index < -0.39 is 15.6 Å². The van der Waals surface area contributed by atoms with Crippen LogP contribution in [-0.4, -0.2) is 49.6 Å². The summed E-state index contributed by atoms with van der Waals surface area (Å²) in [4.78, 5) is 24.2. The van der Waals surface area contributed by atoms with Crippen molar-refractivity contribution >= 4 is 21.5 Å². The molecule has 6 heteroatoms. The predicted octanol–water partition coefficient (Wildman–Crippen LogP) is 0.393. The van der Waals surface area contributed by atoms with Gasteiger partial charge in [-0.1, -0.05) is 13.3 Å². The lowest BCUT2D eigenvalue weighted by molar-refractivity contribution is -0.132. The van der Waals surface area contributed by atoms with Crippen molar-refractivity contribution in [2.45, 2.75) is 32.6 Å². The second kappa shape index (κ2) is 6.14. The van der Waals surface area contributed by atoms with Gasteiger partial charge in [0.05, 0.1) is 5.75 Å². The average molecular weight is 261 g/mol. The zero-order chi connectivity index (χ0) is 12.9. The number of carbonyl (C=O) groups is 2. The number of carbonyl (C=O) groups excluding carboxylic acids is 2. The third-order valence-electron chi connectivity index (χ3n) is 2.83. The molecule has 0 unspecified atom stereocenters.